The lowest BCUT2D eigenvalue weighted by Gasteiger charge is -2.20. The summed E-state index contributed by atoms with van der Waals surface area (Å²) in [6, 6.07) is 0.346. The van der Waals surface area contributed by atoms with Gasteiger partial charge in [0.15, 0.2) is 0 Å². The van der Waals surface area contributed by atoms with E-state index in [4.69, 9.17) is 10.5 Å². The van der Waals surface area contributed by atoms with Gasteiger partial charge in [-0.1, -0.05) is 12.8 Å². The molecule has 14 heavy (non-hydrogen) atoms. The van der Waals surface area contributed by atoms with E-state index >= 15 is 0 Å². The van der Waals surface area contributed by atoms with Crippen LogP contribution in [0, 0.1) is 5.92 Å². The van der Waals surface area contributed by atoms with Crippen LogP contribution in [0.15, 0.2) is 0 Å². The summed E-state index contributed by atoms with van der Waals surface area (Å²) in [6.45, 7) is 0. The smallest absolute Gasteiger partial charge is 0.308 e. The van der Waals surface area contributed by atoms with Crippen LogP contribution in [0.5, 0.6) is 0 Å². The minimum absolute atomic E-state index is 0. The molecule has 0 atom stereocenters. The van der Waals surface area contributed by atoms with Gasteiger partial charge < -0.3 is 10.5 Å². The molecule has 1 aliphatic carbocycles. The Balaban J connectivity index is 0.00000169. The molecule has 1 saturated carbocycles. The van der Waals surface area contributed by atoms with Crippen molar-refractivity contribution in [2.24, 2.45) is 11.7 Å². The maximum atomic E-state index is 11.3. The van der Waals surface area contributed by atoms with Gasteiger partial charge in [-0.15, -0.1) is 12.4 Å². The fourth-order valence-electron chi connectivity index (χ4n) is 1.94. The average Bonchev–Trinajstić information content (AvgIpc) is 2.10. The largest absolute Gasteiger partial charge is 0.469 e. The maximum Gasteiger partial charge on any atom is 0.308 e. The molecule has 84 valence electrons. The van der Waals surface area contributed by atoms with Crippen molar-refractivity contribution in [2.45, 2.75) is 44.6 Å². The molecule has 2 N–H and O–H groups in total. The number of hydrogen-bond donors (Lipinski definition) is 1. The van der Waals surface area contributed by atoms with E-state index in [1.54, 1.807) is 0 Å². The molecule has 1 aliphatic rings. The van der Waals surface area contributed by atoms with Gasteiger partial charge in [0.25, 0.3) is 0 Å². The topological polar surface area (TPSA) is 52.3 Å². The van der Waals surface area contributed by atoms with Crippen molar-refractivity contribution in [1.82, 2.24) is 0 Å². The average molecular weight is 222 g/mol. The molecule has 0 unspecified atom stereocenters. The predicted octanol–water partition coefficient (Wildman–Crippen LogP) is 1.88. The molecule has 0 bridgehead atoms. The van der Waals surface area contributed by atoms with Gasteiger partial charge in [-0.2, -0.15) is 0 Å². The Morgan fingerprint density at radius 2 is 1.71 bits per heavy atom. The predicted molar refractivity (Wildman–Crippen MR) is 58.4 cm³/mol. The lowest BCUT2D eigenvalue weighted by molar-refractivity contribution is -0.146. The quantitative estimate of drug-likeness (QED) is 0.688. The summed E-state index contributed by atoms with van der Waals surface area (Å²) in [4.78, 5) is 11.3. The molecular weight excluding hydrogens is 202 g/mol. The second-order valence-corrected chi connectivity index (χ2v) is 3.84. The standard InChI is InChI=1S/C10H19NO2.ClH/c1-13-10(12)8-4-2-6-9(11)7-3-5-8;/h8-9H,2-7,11H2,1H3;1H. The number of rotatable bonds is 1. The van der Waals surface area contributed by atoms with E-state index < -0.39 is 0 Å². The van der Waals surface area contributed by atoms with Gasteiger partial charge in [-0.25, -0.2) is 0 Å². The van der Waals surface area contributed by atoms with Crippen LogP contribution in [0.2, 0.25) is 0 Å². The van der Waals surface area contributed by atoms with Gasteiger partial charge in [0.1, 0.15) is 0 Å². The summed E-state index contributed by atoms with van der Waals surface area (Å²) in [5.74, 6) is 0.0768. The van der Waals surface area contributed by atoms with Crippen LogP contribution < -0.4 is 5.73 Å². The van der Waals surface area contributed by atoms with Crippen molar-refractivity contribution < 1.29 is 9.53 Å². The van der Waals surface area contributed by atoms with Gasteiger partial charge in [0.05, 0.1) is 13.0 Å². The van der Waals surface area contributed by atoms with E-state index in [2.05, 4.69) is 0 Å². The van der Waals surface area contributed by atoms with Crippen LogP contribution in [0.25, 0.3) is 0 Å². The molecule has 0 amide bonds. The van der Waals surface area contributed by atoms with E-state index in [0.29, 0.717) is 6.04 Å². The van der Waals surface area contributed by atoms with Crippen LogP contribution in [0.4, 0.5) is 0 Å². The molecule has 0 aromatic rings. The zero-order chi connectivity index (χ0) is 9.68. The first-order chi connectivity index (χ1) is 6.24. The summed E-state index contributed by atoms with van der Waals surface area (Å²) >= 11 is 0. The van der Waals surface area contributed by atoms with Gasteiger partial charge in [-0.3, -0.25) is 4.79 Å². The molecule has 0 heterocycles. The van der Waals surface area contributed by atoms with E-state index in [1.807, 2.05) is 0 Å². The molecule has 1 fully saturated rings. The zero-order valence-corrected chi connectivity index (χ0v) is 9.52. The monoisotopic (exact) mass is 221 g/mol. The van der Waals surface area contributed by atoms with Gasteiger partial charge in [0, 0.05) is 6.04 Å². The van der Waals surface area contributed by atoms with Crippen LogP contribution in [-0.2, 0) is 9.53 Å². The molecule has 0 spiro atoms. The van der Waals surface area contributed by atoms with E-state index in [-0.39, 0.29) is 24.3 Å². The van der Waals surface area contributed by atoms with E-state index in [0.717, 1.165) is 38.5 Å². The Hall–Kier alpha value is -0.280. The Morgan fingerprint density at radius 3 is 2.14 bits per heavy atom. The van der Waals surface area contributed by atoms with Crippen molar-refractivity contribution in [2.75, 3.05) is 7.11 Å². The molecule has 3 nitrogen and oxygen atoms in total. The molecule has 0 radical (unpaired) electrons. The molecule has 4 heteroatoms. The molecular formula is C10H20ClNO2. The fraction of sp³-hybridized carbons (Fsp3) is 0.900. The minimum atomic E-state index is -0.0459. The Kier molecular flexibility index (Phi) is 6.93. The van der Waals surface area contributed by atoms with Gasteiger partial charge in [0.2, 0.25) is 0 Å². The van der Waals surface area contributed by atoms with Crippen LogP contribution >= 0.6 is 12.4 Å². The number of nitrogens with two attached hydrogens (primary N) is 1. The lowest BCUT2D eigenvalue weighted by atomic mass is 9.89. The van der Waals surface area contributed by atoms with Crippen molar-refractivity contribution in [3.63, 3.8) is 0 Å². The summed E-state index contributed by atoms with van der Waals surface area (Å²) in [5, 5.41) is 0. The molecule has 0 aliphatic heterocycles. The molecule has 0 aromatic carbocycles. The summed E-state index contributed by atoms with van der Waals surface area (Å²) in [6.07, 6.45) is 6.10. The normalized spacial score (nSPS) is 28.1. The maximum absolute atomic E-state index is 11.3. The van der Waals surface area contributed by atoms with Gasteiger partial charge in [-0.05, 0) is 25.7 Å². The summed E-state index contributed by atoms with van der Waals surface area (Å²) in [7, 11) is 1.47. The highest BCUT2D eigenvalue weighted by Gasteiger charge is 2.21. The number of methoxy groups -OCH3 is 1. The number of ether oxygens (including phenoxy) is 1. The first kappa shape index (κ1) is 13.7. The number of hydrogen-bond acceptors (Lipinski definition) is 3. The summed E-state index contributed by atoms with van der Waals surface area (Å²) < 4.78 is 4.74. The second kappa shape index (κ2) is 7.07. The van der Waals surface area contributed by atoms with Crippen molar-refractivity contribution in [3.8, 4) is 0 Å². The lowest BCUT2D eigenvalue weighted by Crippen LogP contribution is -2.25. The molecule has 0 aromatic heterocycles. The van der Waals surface area contributed by atoms with Crippen molar-refractivity contribution >= 4 is 18.4 Å². The Morgan fingerprint density at radius 1 is 1.21 bits per heavy atom. The van der Waals surface area contributed by atoms with Crippen molar-refractivity contribution in [1.29, 1.82) is 0 Å². The third-order valence-electron chi connectivity index (χ3n) is 2.79. The highest BCUT2D eigenvalue weighted by Crippen LogP contribution is 2.22. The third kappa shape index (κ3) is 4.29. The van der Waals surface area contributed by atoms with Gasteiger partial charge >= 0.3 is 5.97 Å². The van der Waals surface area contributed by atoms with E-state index in [9.17, 15) is 4.79 Å². The second-order valence-electron chi connectivity index (χ2n) is 3.84. The fourth-order valence-corrected chi connectivity index (χ4v) is 1.94. The summed E-state index contributed by atoms with van der Waals surface area (Å²) in [5.41, 5.74) is 5.84. The van der Waals surface area contributed by atoms with Crippen molar-refractivity contribution in [3.05, 3.63) is 0 Å². The van der Waals surface area contributed by atoms with E-state index in [1.165, 1.54) is 7.11 Å². The number of esters is 1. The number of halogens is 1. The first-order valence-electron chi connectivity index (χ1n) is 5.07. The molecule has 0 saturated heterocycles. The van der Waals surface area contributed by atoms with Crippen LogP contribution in [-0.4, -0.2) is 19.1 Å². The number of carbonyl (C=O) groups is 1. The Bertz CT molecular complexity index is 166. The Labute approximate surface area is 91.8 Å². The SMILES string of the molecule is COC(=O)C1CCCC(N)CCC1.Cl. The number of carbonyl (C=O) groups excluding carboxylic acids is 1. The molecule has 1 rings (SSSR count). The minimum Gasteiger partial charge on any atom is -0.469 e. The highest BCUT2D eigenvalue weighted by molar-refractivity contribution is 5.85. The zero-order valence-electron chi connectivity index (χ0n) is 8.70. The highest BCUT2D eigenvalue weighted by atomic mass is 35.5. The first-order valence-corrected chi connectivity index (χ1v) is 5.07. The van der Waals surface area contributed by atoms with Crippen LogP contribution in [0.3, 0.4) is 0 Å². The third-order valence-corrected chi connectivity index (χ3v) is 2.79. The van der Waals surface area contributed by atoms with Crippen LogP contribution in [0.1, 0.15) is 38.5 Å².